The number of alkyl halides is 3. The van der Waals surface area contributed by atoms with E-state index in [2.05, 4.69) is 5.32 Å². The molecule has 0 aromatic heterocycles. The molecule has 0 fully saturated rings. The highest BCUT2D eigenvalue weighted by atomic mass is 19.4. The van der Waals surface area contributed by atoms with E-state index in [9.17, 15) is 13.2 Å². The SMILES string of the molecule is CCC(C)(C)CNCC(O)C(F)(F)F. The maximum Gasteiger partial charge on any atom is 0.415 e. The highest BCUT2D eigenvalue weighted by molar-refractivity contribution is 4.73. The number of hydrogen-bond donors (Lipinski definition) is 2. The van der Waals surface area contributed by atoms with E-state index in [-0.39, 0.29) is 5.41 Å². The number of aliphatic hydroxyl groups is 1. The van der Waals surface area contributed by atoms with E-state index in [4.69, 9.17) is 5.11 Å². The quantitative estimate of drug-likeness (QED) is 0.731. The van der Waals surface area contributed by atoms with Crippen molar-refractivity contribution < 1.29 is 18.3 Å². The lowest BCUT2D eigenvalue weighted by Gasteiger charge is -2.24. The fourth-order valence-electron chi connectivity index (χ4n) is 0.788. The third kappa shape index (κ3) is 5.44. The van der Waals surface area contributed by atoms with Gasteiger partial charge in [-0.1, -0.05) is 20.8 Å². The van der Waals surface area contributed by atoms with Crippen LogP contribution in [0.15, 0.2) is 0 Å². The molecule has 0 aromatic carbocycles. The normalized spacial score (nSPS) is 15.6. The monoisotopic (exact) mass is 213 g/mol. The van der Waals surface area contributed by atoms with Crippen LogP contribution in [0, 0.1) is 5.41 Å². The molecule has 0 saturated heterocycles. The topological polar surface area (TPSA) is 32.3 Å². The molecule has 0 saturated carbocycles. The molecule has 0 amide bonds. The van der Waals surface area contributed by atoms with E-state index in [1.165, 1.54) is 0 Å². The van der Waals surface area contributed by atoms with Crippen LogP contribution >= 0.6 is 0 Å². The Bertz CT molecular complexity index is 168. The van der Waals surface area contributed by atoms with Gasteiger partial charge in [-0.15, -0.1) is 0 Å². The summed E-state index contributed by atoms with van der Waals surface area (Å²) in [5.41, 5.74) is -0.0364. The Balaban J connectivity index is 3.75. The molecular weight excluding hydrogens is 195 g/mol. The molecule has 1 unspecified atom stereocenters. The summed E-state index contributed by atoms with van der Waals surface area (Å²) >= 11 is 0. The second-order valence-electron chi connectivity index (χ2n) is 4.21. The minimum absolute atomic E-state index is 0.0364. The van der Waals surface area contributed by atoms with Gasteiger partial charge in [-0.2, -0.15) is 13.2 Å². The Labute approximate surface area is 82.5 Å². The van der Waals surface area contributed by atoms with E-state index in [0.717, 1.165) is 6.42 Å². The van der Waals surface area contributed by atoms with Crippen LogP contribution in [0.2, 0.25) is 0 Å². The molecule has 1 atom stereocenters. The lowest BCUT2D eigenvalue weighted by atomic mass is 9.90. The van der Waals surface area contributed by atoms with Crippen molar-refractivity contribution in [2.75, 3.05) is 13.1 Å². The van der Waals surface area contributed by atoms with Gasteiger partial charge >= 0.3 is 6.18 Å². The summed E-state index contributed by atoms with van der Waals surface area (Å²) in [5.74, 6) is 0. The van der Waals surface area contributed by atoms with Gasteiger partial charge in [-0.05, 0) is 11.8 Å². The molecule has 0 heterocycles. The number of rotatable bonds is 5. The summed E-state index contributed by atoms with van der Waals surface area (Å²) in [5, 5.41) is 11.3. The maximum absolute atomic E-state index is 11.9. The maximum atomic E-state index is 11.9. The molecule has 0 aromatic rings. The molecule has 0 aliphatic carbocycles. The second kappa shape index (κ2) is 4.98. The van der Waals surface area contributed by atoms with Crippen molar-refractivity contribution in [3.63, 3.8) is 0 Å². The van der Waals surface area contributed by atoms with Gasteiger partial charge in [0.2, 0.25) is 0 Å². The summed E-state index contributed by atoms with van der Waals surface area (Å²) in [6, 6.07) is 0. The van der Waals surface area contributed by atoms with Crippen LogP contribution in [0.1, 0.15) is 27.2 Å². The van der Waals surface area contributed by atoms with Gasteiger partial charge in [0.25, 0.3) is 0 Å². The zero-order chi connectivity index (χ0) is 11.4. The molecule has 14 heavy (non-hydrogen) atoms. The van der Waals surface area contributed by atoms with Crippen LogP contribution < -0.4 is 5.32 Å². The second-order valence-corrected chi connectivity index (χ2v) is 4.21. The summed E-state index contributed by atoms with van der Waals surface area (Å²) in [6.07, 6.45) is -5.92. The van der Waals surface area contributed by atoms with E-state index in [1.807, 2.05) is 20.8 Å². The van der Waals surface area contributed by atoms with Crippen LogP contribution in [0.5, 0.6) is 0 Å². The fraction of sp³-hybridized carbons (Fsp3) is 1.00. The molecule has 2 nitrogen and oxygen atoms in total. The summed E-state index contributed by atoms with van der Waals surface area (Å²) < 4.78 is 35.6. The first-order valence-corrected chi connectivity index (χ1v) is 4.64. The molecule has 0 rings (SSSR count). The Morgan fingerprint density at radius 1 is 1.29 bits per heavy atom. The molecule has 2 N–H and O–H groups in total. The Morgan fingerprint density at radius 3 is 2.14 bits per heavy atom. The van der Waals surface area contributed by atoms with Gasteiger partial charge in [-0.25, -0.2) is 0 Å². The molecule has 0 aliphatic heterocycles. The van der Waals surface area contributed by atoms with E-state index < -0.39 is 18.8 Å². The number of nitrogens with one attached hydrogen (secondary N) is 1. The average Bonchev–Trinajstić information content (AvgIpc) is 2.02. The van der Waals surface area contributed by atoms with Crippen LogP contribution in [0.4, 0.5) is 13.2 Å². The lowest BCUT2D eigenvalue weighted by Crippen LogP contribution is -2.41. The van der Waals surface area contributed by atoms with E-state index in [1.54, 1.807) is 0 Å². The summed E-state index contributed by atoms with van der Waals surface area (Å²) in [6.45, 7) is 5.92. The molecule has 0 bridgehead atoms. The third-order valence-corrected chi connectivity index (χ3v) is 2.28. The van der Waals surface area contributed by atoms with Crippen molar-refractivity contribution in [2.24, 2.45) is 5.41 Å². The van der Waals surface area contributed by atoms with Gasteiger partial charge in [0.1, 0.15) is 0 Å². The highest BCUT2D eigenvalue weighted by Gasteiger charge is 2.37. The van der Waals surface area contributed by atoms with Crippen LogP contribution in [0.3, 0.4) is 0 Å². The van der Waals surface area contributed by atoms with E-state index in [0.29, 0.717) is 6.54 Å². The summed E-state index contributed by atoms with van der Waals surface area (Å²) in [4.78, 5) is 0. The zero-order valence-corrected chi connectivity index (χ0v) is 8.78. The van der Waals surface area contributed by atoms with Crippen molar-refractivity contribution >= 4 is 0 Å². The molecule has 0 spiro atoms. The van der Waals surface area contributed by atoms with Gasteiger partial charge in [0.15, 0.2) is 6.10 Å². The fourth-order valence-corrected chi connectivity index (χ4v) is 0.788. The predicted molar refractivity (Wildman–Crippen MR) is 49.0 cm³/mol. The predicted octanol–water partition coefficient (Wildman–Crippen LogP) is 1.94. The highest BCUT2D eigenvalue weighted by Crippen LogP contribution is 2.20. The van der Waals surface area contributed by atoms with Gasteiger partial charge in [0.05, 0.1) is 0 Å². The zero-order valence-electron chi connectivity index (χ0n) is 8.78. The molecule has 0 aliphatic rings. The average molecular weight is 213 g/mol. The molecule has 0 radical (unpaired) electrons. The third-order valence-electron chi connectivity index (χ3n) is 2.28. The van der Waals surface area contributed by atoms with Crippen molar-refractivity contribution in [1.29, 1.82) is 0 Å². The van der Waals surface area contributed by atoms with Gasteiger partial charge in [0, 0.05) is 13.1 Å². The Hall–Kier alpha value is -0.290. The Kier molecular flexibility index (Phi) is 4.88. The van der Waals surface area contributed by atoms with Crippen LogP contribution in [0.25, 0.3) is 0 Å². The molecular formula is C9H18F3NO. The van der Waals surface area contributed by atoms with Crippen LogP contribution in [-0.2, 0) is 0 Å². The molecule has 5 heteroatoms. The first kappa shape index (κ1) is 13.7. The number of aliphatic hydroxyl groups excluding tert-OH is 1. The van der Waals surface area contributed by atoms with Crippen molar-refractivity contribution in [3.05, 3.63) is 0 Å². The first-order valence-electron chi connectivity index (χ1n) is 4.64. The largest absolute Gasteiger partial charge is 0.415 e. The van der Waals surface area contributed by atoms with Crippen molar-refractivity contribution in [3.8, 4) is 0 Å². The minimum Gasteiger partial charge on any atom is -0.382 e. The minimum atomic E-state index is -4.52. The Morgan fingerprint density at radius 2 is 1.79 bits per heavy atom. The lowest BCUT2D eigenvalue weighted by molar-refractivity contribution is -0.202. The van der Waals surface area contributed by atoms with Gasteiger partial charge < -0.3 is 10.4 Å². The van der Waals surface area contributed by atoms with Crippen LogP contribution in [-0.4, -0.2) is 30.5 Å². The summed E-state index contributed by atoms with van der Waals surface area (Å²) in [7, 11) is 0. The van der Waals surface area contributed by atoms with Gasteiger partial charge in [-0.3, -0.25) is 0 Å². The smallest absolute Gasteiger partial charge is 0.382 e. The van der Waals surface area contributed by atoms with E-state index >= 15 is 0 Å². The standard InChI is InChI=1S/C9H18F3NO/c1-4-8(2,3)6-13-5-7(14)9(10,11)12/h7,13-14H,4-6H2,1-3H3. The first-order chi connectivity index (χ1) is 6.19. The van der Waals surface area contributed by atoms with Crippen molar-refractivity contribution in [2.45, 2.75) is 39.5 Å². The number of hydrogen-bond acceptors (Lipinski definition) is 2. The van der Waals surface area contributed by atoms with Crippen molar-refractivity contribution in [1.82, 2.24) is 5.32 Å². The molecule has 86 valence electrons. The number of halogens is 3.